The van der Waals surface area contributed by atoms with E-state index >= 15 is 0 Å². The van der Waals surface area contributed by atoms with Crippen LogP contribution in [0.3, 0.4) is 0 Å². The highest BCUT2D eigenvalue weighted by molar-refractivity contribution is 6.32. The first-order valence-electron chi connectivity index (χ1n) is 10.1. The molecule has 0 saturated carbocycles. The van der Waals surface area contributed by atoms with Gasteiger partial charge in [0.1, 0.15) is 24.7 Å². The monoisotopic (exact) mass is 471 g/mol. The number of carbonyl (C=O) groups excluding carboxylic acids is 3. The summed E-state index contributed by atoms with van der Waals surface area (Å²) >= 11 is 6.16. The van der Waals surface area contributed by atoms with E-state index in [-0.39, 0.29) is 18.2 Å². The van der Waals surface area contributed by atoms with Gasteiger partial charge in [0.15, 0.2) is 0 Å². The summed E-state index contributed by atoms with van der Waals surface area (Å²) < 4.78 is 15.6. The fourth-order valence-electron chi connectivity index (χ4n) is 3.78. The van der Waals surface area contributed by atoms with Crippen molar-refractivity contribution in [2.24, 2.45) is 0 Å². The van der Waals surface area contributed by atoms with Crippen molar-refractivity contribution in [1.82, 2.24) is 10.2 Å². The van der Waals surface area contributed by atoms with Crippen LogP contribution in [0.4, 0.5) is 10.5 Å². The van der Waals surface area contributed by atoms with Crippen LogP contribution in [-0.2, 0) is 14.3 Å². The number of rotatable bonds is 6. The third-order valence-corrected chi connectivity index (χ3v) is 5.75. The van der Waals surface area contributed by atoms with Crippen LogP contribution in [0.25, 0.3) is 0 Å². The summed E-state index contributed by atoms with van der Waals surface area (Å²) in [5.74, 6) is -0.304. The number of hydrogen-bond acceptors (Lipinski definition) is 6. The molecule has 2 heterocycles. The maximum absolute atomic E-state index is 12.9. The highest BCUT2D eigenvalue weighted by atomic mass is 35.5. The number of anilines is 1. The van der Waals surface area contributed by atoms with Crippen LogP contribution in [0.1, 0.15) is 17.2 Å². The molecule has 0 spiro atoms. The molecule has 172 valence electrons. The number of esters is 1. The van der Waals surface area contributed by atoms with E-state index in [0.29, 0.717) is 28.5 Å². The molecule has 0 aromatic heterocycles. The van der Waals surface area contributed by atoms with Gasteiger partial charge in [0.2, 0.25) is 5.91 Å². The number of cyclic esters (lactones) is 1. The fourth-order valence-corrected chi connectivity index (χ4v) is 4.02. The summed E-state index contributed by atoms with van der Waals surface area (Å²) in [5, 5.41) is 5.78. The molecule has 1 unspecified atom stereocenters. The third-order valence-electron chi connectivity index (χ3n) is 5.46. The van der Waals surface area contributed by atoms with Crippen LogP contribution in [-0.4, -0.2) is 50.2 Å². The highest BCUT2D eigenvalue weighted by Gasteiger charge is 2.42. The molecule has 2 aliphatic rings. The Bertz CT molecular complexity index is 1160. The lowest BCUT2D eigenvalue weighted by molar-refractivity contribution is -0.136. The van der Waals surface area contributed by atoms with Gasteiger partial charge in [-0.05, 0) is 18.6 Å². The maximum atomic E-state index is 12.9. The summed E-state index contributed by atoms with van der Waals surface area (Å²) in [7, 11) is 2.91. The van der Waals surface area contributed by atoms with E-state index < -0.39 is 23.9 Å². The van der Waals surface area contributed by atoms with Crippen LogP contribution in [0.15, 0.2) is 47.7 Å². The van der Waals surface area contributed by atoms with E-state index in [0.717, 1.165) is 11.1 Å². The number of methoxy groups -OCH3 is 2. The first-order chi connectivity index (χ1) is 15.8. The Labute approximate surface area is 195 Å². The van der Waals surface area contributed by atoms with Crippen LogP contribution < -0.4 is 20.1 Å². The van der Waals surface area contributed by atoms with Gasteiger partial charge in [0.25, 0.3) is 0 Å². The molecule has 3 amide bonds. The van der Waals surface area contributed by atoms with Crippen molar-refractivity contribution in [3.63, 3.8) is 0 Å². The smallest absolute Gasteiger partial charge is 0.338 e. The molecule has 0 saturated heterocycles. The van der Waals surface area contributed by atoms with E-state index in [2.05, 4.69) is 10.6 Å². The Morgan fingerprint density at radius 3 is 2.55 bits per heavy atom. The van der Waals surface area contributed by atoms with Gasteiger partial charge in [-0.15, -0.1) is 0 Å². The Morgan fingerprint density at radius 2 is 1.88 bits per heavy atom. The fraction of sp³-hybridized carbons (Fsp3) is 0.261. The predicted molar refractivity (Wildman–Crippen MR) is 120 cm³/mol. The maximum Gasteiger partial charge on any atom is 0.338 e. The minimum atomic E-state index is -0.650. The van der Waals surface area contributed by atoms with Crippen molar-refractivity contribution in [1.29, 1.82) is 0 Å². The molecule has 2 aliphatic heterocycles. The molecule has 9 nitrogen and oxygen atoms in total. The molecule has 4 rings (SSSR count). The van der Waals surface area contributed by atoms with Crippen LogP contribution in [0, 0.1) is 6.92 Å². The van der Waals surface area contributed by atoms with Gasteiger partial charge < -0.3 is 24.8 Å². The number of carbonyl (C=O) groups is 3. The highest BCUT2D eigenvalue weighted by Crippen LogP contribution is 2.37. The molecule has 0 bridgehead atoms. The zero-order chi connectivity index (χ0) is 23.7. The number of halogens is 1. The molecule has 0 fully saturated rings. The second-order valence-electron chi connectivity index (χ2n) is 7.55. The van der Waals surface area contributed by atoms with Crippen molar-refractivity contribution in [2.45, 2.75) is 13.0 Å². The quantitative estimate of drug-likeness (QED) is 0.627. The number of nitrogens with one attached hydrogen (secondary N) is 2. The SMILES string of the molecule is COc1cc(OC)c(NC(=O)CN2C(=O)NC(c3ccc(C)cc3)C3=C2COC3=O)cc1Cl. The lowest BCUT2D eigenvalue weighted by atomic mass is 9.95. The standard InChI is InChI=1S/C23H22ClN3O6/c1-12-4-6-13(7-5-12)21-20-16(11-33-22(20)29)27(23(30)26-21)10-19(28)25-15-8-14(24)17(31-2)9-18(15)32-3/h4-9,21H,10-11H2,1-3H3,(H,25,28)(H,26,30). The first kappa shape index (κ1) is 22.5. The average Bonchev–Trinajstić information content (AvgIpc) is 3.18. The van der Waals surface area contributed by atoms with Gasteiger partial charge in [-0.2, -0.15) is 0 Å². The van der Waals surface area contributed by atoms with Gasteiger partial charge in [0.05, 0.1) is 42.2 Å². The van der Waals surface area contributed by atoms with E-state index in [1.807, 2.05) is 31.2 Å². The lowest BCUT2D eigenvalue weighted by Crippen LogP contribution is -2.49. The molecule has 33 heavy (non-hydrogen) atoms. The molecular weight excluding hydrogens is 450 g/mol. The molecule has 0 radical (unpaired) electrons. The Balaban J connectivity index is 1.58. The van der Waals surface area contributed by atoms with E-state index in [4.69, 9.17) is 25.8 Å². The van der Waals surface area contributed by atoms with Crippen molar-refractivity contribution >= 4 is 35.2 Å². The van der Waals surface area contributed by atoms with Gasteiger partial charge in [0, 0.05) is 6.07 Å². The molecule has 2 aromatic rings. The number of ether oxygens (including phenoxy) is 3. The summed E-state index contributed by atoms with van der Waals surface area (Å²) in [6.45, 7) is 1.52. The molecule has 1 atom stereocenters. The molecule has 0 aliphatic carbocycles. The van der Waals surface area contributed by atoms with Crippen LogP contribution in [0.5, 0.6) is 11.5 Å². The number of benzene rings is 2. The van der Waals surface area contributed by atoms with Crippen LogP contribution >= 0.6 is 11.6 Å². The summed E-state index contributed by atoms with van der Waals surface area (Å²) in [4.78, 5) is 39.4. The van der Waals surface area contributed by atoms with Crippen molar-refractivity contribution in [3.8, 4) is 11.5 Å². The summed E-state index contributed by atoms with van der Waals surface area (Å²) in [6.07, 6.45) is 0. The van der Waals surface area contributed by atoms with Crippen molar-refractivity contribution in [3.05, 3.63) is 63.8 Å². The Hall–Kier alpha value is -3.72. The molecule has 2 aromatic carbocycles. The Kier molecular flexibility index (Phi) is 6.15. The van der Waals surface area contributed by atoms with Crippen molar-refractivity contribution < 1.29 is 28.6 Å². The Morgan fingerprint density at radius 1 is 1.18 bits per heavy atom. The van der Waals surface area contributed by atoms with Gasteiger partial charge in [-0.25, -0.2) is 9.59 Å². The lowest BCUT2D eigenvalue weighted by Gasteiger charge is -2.32. The normalized spacial score (nSPS) is 17.3. The average molecular weight is 472 g/mol. The van der Waals surface area contributed by atoms with Gasteiger partial charge in [-0.3, -0.25) is 9.69 Å². The minimum Gasteiger partial charge on any atom is -0.495 e. The van der Waals surface area contributed by atoms with Gasteiger partial charge in [-0.1, -0.05) is 41.4 Å². The summed E-state index contributed by atoms with van der Waals surface area (Å²) in [5.41, 5.74) is 2.80. The zero-order valence-electron chi connectivity index (χ0n) is 18.2. The number of nitrogens with zero attached hydrogens (tertiary/aromatic N) is 1. The van der Waals surface area contributed by atoms with Crippen molar-refractivity contribution in [2.75, 3.05) is 32.7 Å². The van der Waals surface area contributed by atoms with E-state index in [9.17, 15) is 14.4 Å². The molecule has 2 N–H and O–H groups in total. The number of aryl methyl sites for hydroxylation is 1. The number of amides is 3. The first-order valence-corrected chi connectivity index (χ1v) is 10.5. The van der Waals surface area contributed by atoms with E-state index in [1.54, 1.807) is 6.07 Å². The predicted octanol–water partition coefficient (Wildman–Crippen LogP) is 3.18. The minimum absolute atomic E-state index is 0.0884. The zero-order valence-corrected chi connectivity index (χ0v) is 19.0. The number of urea groups is 1. The topological polar surface area (TPSA) is 106 Å². The van der Waals surface area contributed by atoms with Gasteiger partial charge >= 0.3 is 12.0 Å². The number of hydrogen-bond donors (Lipinski definition) is 2. The van der Waals surface area contributed by atoms with Crippen LogP contribution in [0.2, 0.25) is 5.02 Å². The third kappa shape index (κ3) is 4.31. The molecular formula is C23H22ClN3O6. The summed E-state index contributed by atoms with van der Waals surface area (Å²) in [6, 6.07) is 9.37. The largest absolute Gasteiger partial charge is 0.495 e. The second-order valence-corrected chi connectivity index (χ2v) is 7.96. The molecule has 10 heteroatoms. The second kappa shape index (κ2) is 9.03. The van der Waals surface area contributed by atoms with E-state index in [1.165, 1.54) is 25.2 Å².